The molecule has 0 fully saturated rings. The maximum absolute atomic E-state index is 11.4. The van der Waals surface area contributed by atoms with Crippen molar-refractivity contribution in [2.24, 2.45) is 0 Å². The fraction of sp³-hybridized carbons (Fsp3) is 0.364. The van der Waals surface area contributed by atoms with Crippen molar-refractivity contribution in [3.05, 3.63) is 53.1 Å². The second-order valence-electron chi connectivity index (χ2n) is 6.37. The van der Waals surface area contributed by atoms with E-state index in [1.807, 2.05) is 50.2 Å². The number of amides is 1. The molecule has 0 atom stereocenters. The minimum atomic E-state index is -0.277. The number of nitriles is 1. The zero-order valence-electron chi connectivity index (χ0n) is 16.6. The summed E-state index contributed by atoms with van der Waals surface area (Å²) in [5, 5.41) is 11.2. The molecule has 6 nitrogen and oxygen atoms in total. The molecule has 0 aliphatic rings. The third-order valence-electron chi connectivity index (χ3n) is 4.16. The van der Waals surface area contributed by atoms with E-state index in [1.165, 1.54) is 5.56 Å². The minimum absolute atomic E-state index is 0.137. The summed E-state index contributed by atoms with van der Waals surface area (Å²) in [5.74, 6) is 1.96. The number of carbonyl (C=O) groups excluding carboxylic acids is 1. The van der Waals surface area contributed by atoms with E-state index in [2.05, 4.69) is 11.4 Å². The van der Waals surface area contributed by atoms with Gasteiger partial charge in [-0.2, -0.15) is 5.26 Å². The molecule has 1 N–H and O–H groups in total. The van der Waals surface area contributed by atoms with Gasteiger partial charge < -0.3 is 19.5 Å². The molecular formula is C22H26N2O4. The quantitative estimate of drug-likeness (QED) is 0.638. The Balaban J connectivity index is 1.91. The van der Waals surface area contributed by atoms with Gasteiger partial charge in [0.15, 0.2) is 0 Å². The van der Waals surface area contributed by atoms with Crippen LogP contribution in [-0.4, -0.2) is 32.8 Å². The van der Waals surface area contributed by atoms with Crippen LogP contribution in [0.15, 0.2) is 36.4 Å². The van der Waals surface area contributed by atoms with Gasteiger partial charge in [0.2, 0.25) is 5.91 Å². The van der Waals surface area contributed by atoms with Crippen LogP contribution < -0.4 is 19.5 Å². The summed E-state index contributed by atoms with van der Waals surface area (Å²) in [6.45, 7) is 5.30. The van der Waals surface area contributed by atoms with Crippen LogP contribution in [0.1, 0.15) is 23.1 Å². The first-order valence-electron chi connectivity index (χ1n) is 9.17. The number of hydrogen-bond acceptors (Lipinski definition) is 5. The molecule has 0 radical (unpaired) electrons. The van der Waals surface area contributed by atoms with E-state index < -0.39 is 0 Å². The van der Waals surface area contributed by atoms with Crippen molar-refractivity contribution in [2.45, 2.75) is 26.7 Å². The van der Waals surface area contributed by atoms with E-state index in [9.17, 15) is 4.79 Å². The second kappa shape index (κ2) is 10.8. The number of aryl methyl sites for hydroxylation is 2. The van der Waals surface area contributed by atoms with Gasteiger partial charge in [0.05, 0.1) is 13.2 Å². The van der Waals surface area contributed by atoms with Crippen molar-refractivity contribution < 1.29 is 19.0 Å². The average molecular weight is 382 g/mol. The SMILES string of the molecule is COc1ccc(CCNC(=O)CC#N)c(OCCOc2ccc(C)cc2C)c1. The van der Waals surface area contributed by atoms with Crippen molar-refractivity contribution in [3.8, 4) is 23.3 Å². The van der Waals surface area contributed by atoms with Crippen molar-refractivity contribution in [2.75, 3.05) is 26.9 Å². The molecule has 0 aromatic heterocycles. The van der Waals surface area contributed by atoms with E-state index in [-0.39, 0.29) is 12.3 Å². The molecule has 0 aliphatic carbocycles. The van der Waals surface area contributed by atoms with Crippen LogP contribution in [0, 0.1) is 25.2 Å². The predicted octanol–water partition coefficient (Wildman–Crippen LogP) is 3.34. The lowest BCUT2D eigenvalue weighted by Gasteiger charge is -2.14. The second-order valence-corrected chi connectivity index (χ2v) is 6.37. The Morgan fingerprint density at radius 1 is 1.07 bits per heavy atom. The summed E-state index contributed by atoms with van der Waals surface area (Å²) in [4.78, 5) is 11.4. The van der Waals surface area contributed by atoms with Crippen molar-refractivity contribution >= 4 is 5.91 Å². The van der Waals surface area contributed by atoms with Crippen LogP contribution in [0.4, 0.5) is 0 Å². The number of nitrogens with zero attached hydrogens (tertiary/aromatic N) is 1. The molecule has 0 heterocycles. The molecule has 2 aromatic carbocycles. The van der Waals surface area contributed by atoms with Gasteiger partial charge in [0, 0.05) is 12.6 Å². The first-order valence-corrected chi connectivity index (χ1v) is 9.17. The lowest BCUT2D eigenvalue weighted by atomic mass is 10.1. The highest BCUT2D eigenvalue weighted by molar-refractivity contribution is 5.77. The summed E-state index contributed by atoms with van der Waals surface area (Å²) in [5.41, 5.74) is 3.24. The lowest BCUT2D eigenvalue weighted by molar-refractivity contribution is -0.120. The maximum atomic E-state index is 11.4. The van der Waals surface area contributed by atoms with Crippen molar-refractivity contribution in [1.29, 1.82) is 5.26 Å². The number of methoxy groups -OCH3 is 1. The molecule has 0 saturated heterocycles. The van der Waals surface area contributed by atoms with Crippen LogP contribution in [0.25, 0.3) is 0 Å². The average Bonchev–Trinajstić information content (AvgIpc) is 2.67. The molecule has 2 rings (SSSR count). The van der Waals surface area contributed by atoms with Gasteiger partial charge in [-0.15, -0.1) is 0 Å². The summed E-state index contributed by atoms with van der Waals surface area (Å²) < 4.78 is 17.0. The van der Waals surface area contributed by atoms with Gasteiger partial charge in [-0.3, -0.25) is 4.79 Å². The Labute approximate surface area is 166 Å². The molecular weight excluding hydrogens is 356 g/mol. The third kappa shape index (κ3) is 6.51. The van der Waals surface area contributed by atoms with Crippen molar-refractivity contribution in [3.63, 3.8) is 0 Å². The zero-order chi connectivity index (χ0) is 20.4. The molecule has 28 heavy (non-hydrogen) atoms. The zero-order valence-corrected chi connectivity index (χ0v) is 16.6. The molecule has 1 amide bonds. The molecule has 2 aromatic rings. The van der Waals surface area contributed by atoms with Crippen LogP contribution in [0.2, 0.25) is 0 Å². The third-order valence-corrected chi connectivity index (χ3v) is 4.16. The Hall–Kier alpha value is -3.20. The molecule has 6 heteroatoms. The van der Waals surface area contributed by atoms with Gasteiger partial charge in [-0.05, 0) is 43.5 Å². The summed E-state index contributed by atoms with van der Waals surface area (Å²) >= 11 is 0. The molecule has 0 spiro atoms. The van der Waals surface area contributed by atoms with Gasteiger partial charge in [0.1, 0.15) is 36.9 Å². The molecule has 0 saturated carbocycles. The van der Waals surface area contributed by atoms with Gasteiger partial charge in [0.25, 0.3) is 0 Å². The van der Waals surface area contributed by atoms with Gasteiger partial charge >= 0.3 is 0 Å². The number of benzene rings is 2. The fourth-order valence-corrected chi connectivity index (χ4v) is 2.74. The molecule has 0 aliphatic heterocycles. The van der Waals surface area contributed by atoms with E-state index >= 15 is 0 Å². The maximum Gasteiger partial charge on any atom is 0.234 e. The highest BCUT2D eigenvalue weighted by atomic mass is 16.5. The summed E-state index contributed by atoms with van der Waals surface area (Å²) in [7, 11) is 1.60. The Bertz CT molecular complexity index is 843. The largest absolute Gasteiger partial charge is 0.497 e. The Kier molecular flexibility index (Phi) is 8.16. The first-order chi connectivity index (χ1) is 13.5. The number of nitrogens with one attached hydrogen (secondary N) is 1. The molecule has 0 unspecified atom stereocenters. The van der Waals surface area contributed by atoms with E-state index in [4.69, 9.17) is 19.5 Å². The summed E-state index contributed by atoms with van der Waals surface area (Å²) in [6.07, 6.45) is 0.455. The monoisotopic (exact) mass is 382 g/mol. The van der Waals surface area contributed by atoms with Gasteiger partial charge in [-0.25, -0.2) is 0 Å². The summed E-state index contributed by atoms with van der Waals surface area (Å²) in [6, 6.07) is 13.5. The Morgan fingerprint density at radius 3 is 2.50 bits per heavy atom. The minimum Gasteiger partial charge on any atom is -0.497 e. The first kappa shape index (κ1) is 21.1. The van der Waals surface area contributed by atoms with E-state index in [0.29, 0.717) is 37.7 Å². The highest BCUT2D eigenvalue weighted by Crippen LogP contribution is 2.25. The lowest BCUT2D eigenvalue weighted by Crippen LogP contribution is -2.25. The standard InChI is InChI=1S/C22H26N2O4/c1-16-4-7-20(17(2)14-16)27-12-13-28-21-15-19(26-3)6-5-18(21)9-11-24-22(25)8-10-23/h4-7,14-15H,8-9,11-13H2,1-3H3,(H,24,25). The number of rotatable bonds is 10. The van der Waals surface area contributed by atoms with Crippen LogP contribution in [-0.2, 0) is 11.2 Å². The topological polar surface area (TPSA) is 80.6 Å². The van der Waals surface area contributed by atoms with E-state index in [0.717, 1.165) is 16.9 Å². The van der Waals surface area contributed by atoms with Gasteiger partial charge in [-0.1, -0.05) is 23.8 Å². The predicted molar refractivity (Wildman–Crippen MR) is 107 cm³/mol. The van der Waals surface area contributed by atoms with Crippen LogP contribution in [0.5, 0.6) is 17.2 Å². The number of carbonyl (C=O) groups is 1. The molecule has 0 bridgehead atoms. The molecule has 148 valence electrons. The van der Waals surface area contributed by atoms with Crippen LogP contribution >= 0.6 is 0 Å². The fourth-order valence-electron chi connectivity index (χ4n) is 2.74. The van der Waals surface area contributed by atoms with Crippen LogP contribution in [0.3, 0.4) is 0 Å². The van der Waals surface area contributed by atoms with Crippen molar-refractivity contribution in [1.82, 2.24) is 5.32 Å². The van der Waals surface area contributed by atoms with E-state index in [1.54, 1.807) is 7.11 Å². The normalized spacial score (nSPS) is 10.1. The smallest absolute Gasteiger partial charge is 0.234 e. The number of hydrogen-bond donors (Lipinski definition) is 1. The Morgan fingerprint density at radius 2 is 1.82 bits per heavy atom. The number of ether oxygens (including phenoxy) is 3. The highest BCUT2D eigenvalue weighted by Gasteiger charge is 2.08.